The average Bonchev–Trinajstić information content (AvgIpc) is 3.16. The number of benzene rings is 1. The van der Waals surface area contributed by atoms with E-state index in [1.807, 2.05) is 23.1 Å². The molecule has 2 aliphatic heterocycles. The van der Waals surface area contributed by atoms with E-state index in [1.54, 1.807) is 18.3 Å². The average molecular weight is 396 g/mol. The summed E-state index contributed by atoms with van der Waals surface area (Å²) < 4.78 is 0. The molecule has 2 amide bonds. The lowest BCUT2D eigenvalue weighted by atomic mass is 9.79. The zero-order valence-corrected chi connectivity index (χ0v) is 15.8. The number of aromatic nitrogens is 3. The Hall–Kier alpha value is -2.93. The number of likely N-dealkylation sites (tertiary alicyclic amines) is 1. The van der Waals surface area contributed by atoms with Gasteiger partial charge in [0.15, 0.2) is 0 Å². The molecule has 2 aliphatic rings. The smallest absolute Gasteiger partial charge is 0.270 e. The van der Waals surface area contributed by atoms with Crippen molar-refractivity contribution >= 4 is 34.3 Å². The number of pyridine rings is 1. The lowest BCUT2D eigenvalue weighted by Crippen LogP contribution is -2.59. The molecular weight excluding hydrogens is 378 g/mol. The van der Waals surface area contributed by atoms with E-state index in [1.165, 1.54) is 0 Å². The maximum atomic E-state index is 13.0. The van der Waals surface area contributed by atoms with Gasteiger partial charge in [0.1, 0.15) is 10.8 Å². The number of nitrogens with one attached hydrogen (secondary N) is 2. The van der Waals surface area contributed by atoms with Crippen LogP contribution in [0.1, 0.15) is 39.3 Å². The number of piperidine rings is 1. The number of H-pyrrole nitrogens is 1. The molecule has 2 aromatic heterocycles. The highest BCUT2D eigenvalue weighted by atomic mass is 35.5. The summed E-state index contributed by atoms with van der Waals surface area (Å²) in [6.07, 6.45) is 3.89. The molecule has 3 aromatic rings. The molecule has 0 atom stereocenters. The van der Waals surface area contributed by atoms with E-state index in [2.05, 4.69) is 20.5 Å². The molecule has 1 saturated heterocycles. The first kappa shape index (κ1) is 17.2. The van der Waals surface area contributed by atoms with Crippen molar-refractivity contribution in [1.29, 1.82) is 0 Å². The van der Waals surface area contributed by atoms with Crippen LogP contribution in [0.5, 0.6) is 0 Å². The Balaban J connectivity index is 1.33. The first-order chi connectivity index (χ1) is 13.5. The Labute approximate surface area is 166 Å². The maximum absolute atomic E-state index is 13.0. The number of fused-ring (bicyclic) bond motifs is 2. The van der Waals surface area contributed by atoms with Gasteiger partial charge < -0.3 is 10.2 Å². The fourth-order valence-corrected chi connectivity index (χ4v) is 4.36. The van der Waals surface area contributed by atoms with Gasteiger partial charge in [-0.25, -0.2) is 4.98 Å². The first-order valence-electron chi connectivity index (χ1n) is 9.23. The number of halogens is 1. The van der Waals surface area contributed by atoms with Gasteiger partial charge in [0.2, 0.25) is 0 Å². The number of carbonyl (C=O) groups excluding carboxylic acids is 2. The minimum Gasteiger partial charge on any atom is -0.345 e. The Bertz CT molecular complexity index is 1100. The van der Waals surface area contributed by atoms with E-state index in [4.69, 9.17) is 11.6 Å². The number of hydrogen-bond acceptors (Lipinski definition) is 4. The van der Waals surface area contributed by atoms with Crippen LogP contribution in [0.4, 0.5) is 0 Å². The van der Waals surface area contributed by atoms with Gasteiger partial charge in [0.05, 0.1) is 11.7 Å². The second-order valence-electron chi connectivity index (χ2n) is 7.52. The van der Waals surface area contributed by atoms with Crippen LogP contribution in [0, 0.1) is 0 Å². The Morgan fingerprint density at radius 3 is 2.79 bits per heavy atom. The van der Waals surface area contributed by atoms with Crippen molar-refractivity contribution in [3.63, 3.8) is 0 Å². The van der Waals surface area contributed by atoms with Crippen LogP contribution in [-0.2, 0) is 6.42 Å². The quantitative estimate of drug-likeness (QED) is 0.619. The standard InChI is InChI=1S/C20H18ClN5O2/c21-16-4-3-12-1-2-13(9-15(12)23-16)19(28)26-7-5-20(6-8-26)10-14-11-22-25-17(14)18(27)24-20/h1-4,9,11H,5-8,10H2,(H,22,25)(H,24,27). The molecule has 1 spiro atoms. The van der Waals surface area contributed by atoms with Gasteiger partial charge in [-0.3, -0.25) is 14.7 Å². The molecular formula is C20H18ClN5O2. The van der Waals surface area contributed by atoms with E-state index in [0.29, 0.717) is 47.9 Å². The summed E-state index contributed by atoms with van der Waals surface area (Å²) in [6.45, 7) is 1.18. The number of hydrogen-bond donors (Lipinski definition) is 2. The molecule has 2 N–H and O–H groups in total. The normalized spacial score (nSPS) is 18.2. The predicted octanol–water partition coefficient (Wildman–Crippen LogP) is 2.57. The highest BCUT2D eigenvalue weighted by molar-refractivity contribution is 6.29. The van der Waals surface area contributed by atoms with Crippen LogP contribution in [-0.4, -0.2) is 50.5 Å². The van der Waals surface area contributed by atoms with Gasteiger partial charge in [-0.1, -0.05) is 17.7 Å². The van der Waals surface area contributed by atoms with Crippen LogP contribution in [0.15, 0.2) is 36.5 Å². The highest BCUT2D eigenvalue weighted by Gasteiger charge is 2.42. The maximum Gasteiger partial charge on any atom is 0.270 e. The van der Waals surface area contributed by atoms with E-state index in [0.717, 1.165) is 17.4 Å². The molecule has 0 unspecified atom stereocenters. The summed E-state index contributed by atoms with van der Waals surface area (Å²) in [5.41, 5.74) is 2.50. The monoisotopic (exact) mass is 395 g/mol. The van der Waals surface area contributed by atoms with E-state index >= 15 is 0 Å². The summed E-state index contributed by atoms with van der Waals surface area (Å²) in [4.78, 5) is 31.4. The molecule has 8 heteroatoms. The first-order valence-corrected chi connectivity index (χ1v) is 9.61. The minimum absolute atomic E-state index is 0.0235. The van der Waals surface area contributed by atoms with E-state index in [9.17, 15) is 9.59 Å². The van der Waals surface area contributed by atoms with Crippen molar-refractivity contribution in [3.05, 3.63) is 58.5 Å². The zero-order chi connectivity index (χ0) is 19.3. The lowest BCUT2D eigenvalue weighted by molar-refractivity contribution is 0.0605. The number of rotatable bonds is 1. The van der Waals surface area contributed by atoms with Crippen LogP contribution in [0.25, 0.3) is 10.9 Å². The fourth-order valence-electron chi connectivity index (χ4n) is 4.20. The van der Waals surface area contributed by atoms with Crippen molar-refractivity contribution in [2.45, 2.75) is 24.8 Å². The van der Waals surface area contributed by atoms with Crippen LogP contribution >= 0.6 is 11.6 Å². The Morgan fingerprint density at radius 2 is 1.96 bits per heavy atom. The molecule has 0 saturated carbocycles. The third-order valence-electron chi connectivity index (χ3n) is 5.77. The van der Waals surface area contributed by atoms with Crippen LogP contribution < -0.4 is 5.32 Å². The van der Waals surface area contributed by atoms with Crippen molar-refractivity contribution in [3.8, 4) is 0 Å². The largest absolute Gasteiger partial charge is 0.345 e. The third-order valence-corrected chi connectivity index (χ3v) is 5.98. The molecule has 1 aromatic carbocycles. The SMILES string of the molecule is O=C1NC2(CCN(C(=O)c3ccc4ccc(Cl)nc4c3)CC2)Cc2cn[nH]c21. The van der Waals surface area contributed by atoms with E-state index < -0.39 is 0 Å². The second-order valence-corrected chi connectivity index (χ2v) is 7.90. The minimum atomic E-state index is -0.302. The van der Waals surface area contributed by atoms with Crippen molar-refractivity contribution in [2.75, 3.05) is 13.1 Å². The van der Waals surface area contributed by atoms with Gasteiger partial charge in [0, 0.05) is 35.1 Å². The molecule has 0 bridgehead atoms. The second kappa shape index (κ2) is 6.31. The molecule has 1 fully saturated rings. The van der Waals surface area contributed by atoms with Crippen molar-refractivity contribution < 1.29 is 9.59 Å². The van der Waals surface area contributed by atoms with Gasteiger partial charge in [-0.15, -0.1) is 0 Å². The molecule has 4 heterocycles. The molecule has 0 aliphatic carbocycles. The zero-order valence-electron chi connectivity index (χ0n) is 15.0. The predicted molar refractivity (Wildman–Crippen MR) is 104 cm³/mol. The topological polar surface area (TPSA) is 91.0 Å². The number of aromatic amines is 1. The summed E-state index contributed by atoms with van der Waals surface area (Å²) >= 11 is 5.97. The molecule has 7 nitrogen and oxygen atoms in total. The summed E-state index contributed by atoms with van der Waals surface area (Å²) in [5, 5.41) is 11.2. The lowest BCUT2D eigenvalue weighted by Gasteiger charge is -2.44. The van der Waals surface area contributed by atoms with Gasteiger partial charge >= 0.3 is 0 Å². The number of amides is 2. The molecule has 0 radical (unpaired) electrons. The Kier molecular flexibility index (Phi) is 3.87. The fraction of sp³-hybridized carbons (Fsp3) is 0.300. The van der Waals surface area contributed by atoms with Gasteiger partial charge in [-0.05, 0) is 43.5 Å². The number of carbonyl (C=O) groups is 2. The molecule has 28 heavy (non-hydrogen) atoms. The van der Waals surface area contributed by atoms with E-state index in [-0.39, 0.29) is 17.4 Å². The summed E-state index contributed by atoms with van der Waals surface area (Å²) in [7, 11) is 0. The van der Waals surface area contributed by atoms with Crippen molar-refractivity contribution in [2.24, 2.45) is 0 Å². The molecule has 5 rings (SSSR count). The highest BCUT2D eigenvalue weighted by Crippen LogP contribution is 2.31. The Morgan fingerprint density at radius 1 is 1.18 bits per heavy atom. The molecule has 142 valence electrons. The van der Waals surface area contributed by atoms with Crippen molar-refractivity contribution in [1.82, 2.24) is 25.4 Å². The van der Waals surface area contributed by atoms with Crippen LogP contribution in [0.2, 0.25) is 5.15 Å². The van der Waals surface area contributed by atoms with Gasteiger partial charge in [-0.2, -0.15) is 5.10 Å². The third kappa shape index (κ3) is 2.82. The van der Waals surface area contributed by atoms with Crippen LogP contribution in [0.3, 0.4) is 0 Å². The van der Waals surface area contributed by atoms with Gasteiger partial charge in [0.25, 0.3) is 11.8 Å². The summed E-state index contributed by atoms with van der Waals surface area (Å²) in [5.74, 6) is -0.138. The number of nitrogens with zero attached hydrogens (tertiary/aromatic N) is 3. The summed E-state index contributed by atoms with van der Waals surface area (Å²) in [6, 6.07) is 9.12.